The van der Waals surface area contributed by atoms with Gasteiger partial charge in [0.25, 0.3) is 0 Å². The van der Waals surface area contributed by atoms with Crippen LogP contribution in [0.2, 0.25) is 5.02 Å². The number of benzene rings is 1. The van der Waals surface area contributed by atoms with Gasteiger partial charge in [-0.1, -0.05) is 29.8 Å². The van der Waals surface area contributed by atoms with Crippen molar-refractivity contribution < 1.29 is 4.74 Å². The molecule has 0 N–H and O–H groups in total. The number of nitrogens with zero attached hydrogens (tertiary/aromatic N) is 6. The Kier molecular flexibility index (Phi) is 4.96. The number of pyridine rings is 1. The number of hydrogen-bond donors (Lipinski definition) is 0. The van der Waals surface area contributed by atoms with Gasteiger partial charge in [0, 0.05) is 37.5 Å². The third kappa shape index (κ3) is 3.57. The summed E-state index contributed by atoms with van der Waals surface area (Å²) in [7, 11) is 0. The third-order valence-electron chi connectivity index (χ3n) is 5.23. The van der Waals surface area contributed by atoms with Crippen LogP contribution in [0.5, 0.6) is 5.75 Å². The van der Waals surface area contributed by atoms with Gasteiger partial charge < -0.3 is 9.64 Å². The number of aromatic nitrogens is 5. The molecule has 1 atom stereocenters. The van der Waals surface area contributed by atoms with Crippen LogP contribution in [-0.4, -0.2) is 43.9 Å². The van der Waals surface area contributed by atoms with Gasteiger partial charge in [0.05, 0.1) is 23.2 Å². The van der Waals surface area contributed by atoms with E-state index in [-0.39, 0.29) is 6.10 Å². The van der Waals surface area contributed by atoms with E-state index in [9.17, 15) is 0 Å². The van der Waals surface area contributed by atoms with Crippen molar-refractivity contribution >= 4 is 28.5 Å². The number of hydrogen-bond acceptors (Lipinski definition) is 6. The monoisotopic (exact) mass is 420 g/mol. The minimum absolute atomic E-state index is 0.106. The van der Waals surface area contributed by atoms with Gasteiger partial charge in [-0.15, -0.1) is 0 Å². The molecule has 0 amide bonds. The minimum Gasteiger partial charge on any atom is -0.489 e. The van der Waals surface area contributed by atoms with Crippen LogP contribution in [0.4, 0.5) is 5.82 Å². The summed E-state index contributed by atoms with van der Waals surface area (Å²) in [6.45, 7) is 4.39. The fraction of sp³-hybridized carbons (Fsp3) is 0.273. The van der Waals surface area contributed by atoms with E-state index in [1.165, 1.54) is 0 Å². The topological polar surface area (TPSA) is 69.0 Å². The average molecular weight is 421 g/mol. The van der Waals surface area contributed by atoms with Crippen molar-refractivity contribution in [1.29, 1.82) is 0 Å². The first kappa shape index (κ1) is 18.8. The van der Waals surface area contributed by atoms with E-state index in [1.807, 2.05) is 47.3 Å². The van der Waals surface area contributed by atoms with E-state index in [1.54, 1.807) is 12.4 Å². The van der Waals surface area contributed by atoms with Gasteiger partial charge in [-0.05, 0) is 25.1 Å². The number of fused-ring (bicyclic) bond motifs is 1. The Morgan fingerprint density at radius 1 is 1.13 bits per heavy atom. The normalized spacial score (nSPS) is 16.3. The van der Waals surface area contributed by atoms with Crippen LogP contribution in [0.1, 0.15) is 13.3 Å². The zero-order valence-electron chi connectivity index (χ0n) is 16.6. The second-order valence-corrected chi connectivity index (χ2v) is 7.68. The molecule has 7 nitrogen and oxygen atoms in total. The molecule has 0 spiro atoms. The summed E-state index contributed by atoms with van der Waals surface area (Å²) in [5.41, 5.74) is 1.59. The molecule has 0 unspecified atom stereocenters. The quantitative estimate of drug-likeness (QED) is 0.481. The average Bonchev–Trinajstić information content (AvgIpc) is 3.40. The maximum Gasteiger partial charge on any atom is 0.165 e. The summed E-state index contributed by atoms with van der Waals surface area (Å²) in [5.74, 6) is 2.35. The van der Waals surface area contributed by atoms with Crippen LogP contribution >= 0.6 is 11.6 Å². The SMILES string of the molecule is CCn1ncc2c(N3CC[C@H](Oc4ccccc4)C3)nc(-c3cncc(Cl)c3)nc21. The Labute approximate surface area is 179 Å². The lowest BCUT2D eigenvalue weighted by Gasteiger charge is -2.19. The molecular formula is C22H21ClN6O. The van der Waals surface area contributed by atoms with Crippen LogP contribution in [0.15, 0.2) is 55.0 Å². The molecule has 1 aromatic carbocycles. The summed E-state index contributed by atoms with van der Waals surface area (Å²) >= 11 is 6.15. The Hall–Kier alpha value is -3.19. The molecule has 3 aromatic heterocycles. The molecule has 0 aliphatic carbocycles. The summed E-state index contributed by atoms with van der Waals surface area (Å²) in [6, 6.07) is 11.8. The van der Waals surface area contributed by atoms with Crippen molar-refractivity contribution in [2.24, 2.45) is 0 Å². The largest absolute Gasteiger partial charge is 0.489 e. The predicted octanol–water partition coefficient (Wildman–Crippen LogP) is 4.22. The van der Waals surface area contributed by atoms with Gasteiger partial charge in [-0.25, -0.2) is 14.6 Å². The molecule has 0 bridgehead atoms. The Morgan fingerprint density at radius 2 is 2.00 bits per heavy atom. The number of halogens is 1. The number of rotatable bonds is 5. The highest BCUT2D eigenvalue weighted by atomic mass is 35.5. The first-order valence-electron chi connectivity index (χ1n) is 10.0. The molecule has 4 aromatic rings. The lowest BCUT2D eigenvalue weighted by atomic mass is 10.2. The maximum atomic E-state index is 6.16. The van der Waals surface area contributed by atoms with E-state index < -0.39 is 0 Å². The Morgan fingerprint density at radius 3 is 2.80 bits per heavy atom. The van der Waals surface area contributed by atoms with Crippen molar-refractivity contribution in [3.8, 4) is 17.1 Å². The number of para-hydroxylation sites is 1. The highest BCUT2D eigenvalue weighted by molar-refractivity contribution is 6.30. The second-order valence-electron chi connectivity index (χ2n) is 7.25. The molecule has 30 heavy (non-hydrogen) atoms. The first-order chi connectivity index (χ1) is 14.7. The van der Waals surface area contributed by atoms with E-state index in [0.29, 0.717) is 10.8 Å². The molecule has 1 aliphatic heterocycles. The van der Waals surface area contributed by atoms with Crippen molar-refractivity contribution in [3.63, 3.8) is 0 Å². The zero-order valence-corrected chi connectivity index (χ0v) is 17.3. The molecule has 8 heteroatoms. The van der Waals surface area contributed by atoms with Crippen LogP contribution in [0, 0.1) is 0 Å². The van der Waals surface area contributed by atoms with Gasteiger partial charge >= 0.3 is 0 Å². The Bertz CT molecular complexity index is 1180. The van der Waals surface area contributed by atoms with Crippen molar-refractivity contribution in [1.82, 2.24) is 24.7 Å². The van der Waals surface area contributed by atoms with Crippen molar-refractivity contribution in [2.45, 2.75) is 26.0 Å². The summed E-state index contributed by atoms with van der Waals surface area (Å²) < 4.78 is 8.05. The third-order valence-corrected chi connectivity index (χ3v) is 5.44. The summed E-state index contributed by atoms with van der Waals surface area (Å²) in [5, 5.41) is 6.00. The Balaban J connectivity index is 1.51. The van der Waals surface area contributed by atoms with Crippen LogP contribution < -0.4 is 9.64 Å². The van der Waals surface area contributed by atoms with E-state index >= 15 is 0 Å². The predicted molar refractivity (Wildman–Crippen MR) is 117 cm³/mol. The highest BCUT2D eigenvalue weighted by Gasteiger charge is 2.28. The van der Waals surface area contributed by atoms with Crippen LogP contribution in [-0.2, 0) is 6.54 Å². The number of anilines is 1. The molecule has 152 valence electrons. The molecule has 5 rings (SSSR count). The molecule has 1 fully saturated rings. The van der Waals surface area contributed by atoms with Crippen LogP contribution in [0.25, 0.3) is 22.4 Å². The summed E-state index contributed by atoms with van der Waals surface area (Å²) in [6.07, 6.45) is 6.22. The molecule has 4 heterocycles. The minimum atomic E-state index is 0.106. The van der Waals surface area contributed by atoms with Crippen molar-refractivity contribution in [2.75, 3.05) is 18.0 Å². The number of aryl methyl sites for hydroxylation is 1. The number of ether oxygens (including phenoxy) is 1. The zero-order chi connectivity index (χ0) is 20.5. The lowest BCUT2D eigenvalue weighted by molar-refractivity contribution is 0.225. The first-order valence-corrected chi connectivity index (χ1v) is 10.4. The molecule has 0 saturated carbocycles. The lowest BCUT2D eigenvalue weighted by Crippen LogP contribution is -2.25. The van der Waals surface area contributed by atoms with Crippen LogP contribution in [0.3, 0.4) is 0 Å². The maximum absolute atomic E-state index is 6.16. The highest BCUT2D eigenvalue weighted by Crippen LogP contribution is 2.31. The summed E-state index contributed by atoms with van der Waals surface area (Å²) in [4.78, 5) is 16.1. The fourth-order valence-corrected chi connectivity index (χ4v) is 3.96. The molecule has 0 radical (unpaired) electrons. The van der Waals surface area contributed by atoms with E-state index in [4.69, 9.17) is 26.3 Å². The van der Waals surface area contributed by atoms with E-state index in [2.05, 4.69) is 21.9 Å². The fourth-order valence-electron chi connectivity index (χ4n) is 3.78. The van der Waals surface area contributed by atoms with Gasteiger partial charge in [0.2, 0.25) is 0 Å². The van der Waals surface area contributed by atoms with Gasteiger partial charge in [0.1, 0.15) is 17.7 Å². The molecule has 1 saturated heterocycles. The standard InChI is InChI=1S/C22H21ClN6O/c1-2-29-22-19(13-25-29)21(26-20(27-22)15-10-16(23)12-24-11-15)28-9-8-18(14-28)30-17-6-4-3-5-7-17/h3-7,10-13,18H,2,8-9,14H2,1H3/t18-/m0/s1. The van der Waals surface area contributed by atoms with Crippen molar-refractivity contribution in [3.05, 3.63) is 60.0 Å². The van der Waals surface area contributed by atoms with E-state index in [0.717, 1.165) is 54.2 Å². The molecule has 1 aliphatic rings. The van der Waals surface area contributed by atoms with Gasteiger partial charge in [-0.3, -0.25) is 4.98 Å². The smallest absolute Gasteiger partial charge is 0.165 e. The molecular weight excluding hydrogens is 400 g/mol. The van der Waals surface area contributed by atoms with Gasteiger partial charge in [-0.2, -0.15) is 5.10 Å². The van der Waals surface area contributed by atoms with Gasteiger partial charge in [0.15, 0.2) is 11.5 Å². The second kappa shape index (κ2) is 7.91.